The van der Waals surface area contributed by atoms with Gasteiger partial charge in [0.05, 0.1) is 16.3 Å². The second-order valence-corrected chi connectivity index (χ2v) is 12.5. The molecule has 0 aliphatic rings. The van der Waals surface area contributed by atoms with E-state index in [0.29, 0.717) is 10.7 Å². The van der Waals surface area contributed by atoms with E-state index in [1.165, 1.54) is 18.2 Å². The average Bonchev–Trinajstić information content (AvgIpc) is 3.32. The van der Waals surface area contributed by atoms with E-state index in [-0.39, 0.29) is 27.9 Å². The number of ether oxygens (including phenoxy) is 2. The summed E-state index contributed by atoms with van der Waals surface area (Å²) in [6.45, 7) is 8.72. The molecule has 0 bridgehead atoms. The molecule has 0 aliphatic heterocycles. The summed E-state index contributed by atoms with van der Waals surface area (Å²) in [5.41, 5.74) is -7.00. The highest BCUT2D eigenvalue weighted by molar-refractivity contribution is 6.11. The van der Waals surface area contributed by atoms with E-state index in [9.17, 15) is 37.5 Å². The normalized spacial score (nSPS) is 12.8. The van der Waals surface area contributed by atoms with E-state index < -0.39 is 76.4 Å². The third-order valence-corrected chi connectivity index (χ3v) is 6.56. The number of phenols is 1. The van der Waals surface area contributed by atoms with Crippen LogP contribution in [0.3, 0.4) is 0 Å². The summed E-state index contributed by atoms with van der Waals surface area (Å²) < 4.78 is 57.1. The van der Waals surface area contributed by atoms with E-state index in [4.69, 9.17) is 14.0 Å². The molecule has 0 saturated carbocycles. The fraction of sp³-hybridized carbons (Fsp3) is 0.433. The van der Waals surface area contributed by atoms with Crippen LogP contribution in [0.5, 0.6) is 5.75 Å². The zero-order valence-corrected chi connectivity index (χ0v) is 25.3. The monoisotopic (exact) mass is 632 g/mol. The number of hydrogen-bond acceptors (Lipinski definition) is 11. The average molecular weight is 633 g/mol. The molecule has 0 fully saturated rings. The Morgan fingerprint density at radius 2 is 1.53 bits per heavy atom. The minimum atomic E-state index is -4.73. The van der Waals surface area contributed by atoms with Gasteiger partial charge in [-0.2, -0.15) is 13.2 Å². The van der Waals surface area contributed by atoms with E-state index in [2.05, 4.69) is 15.5 Å². The van der Waals surface area contributed by atoms with Crippen LogP contribution < -0.4 is 5.56 Å². The van der Waals surface area contributed by atoms with Crippen molar-refractivity contribution in [1.29, 1.82) is 0 Å². The molecule has 15 heteroatoms. The first-order chi connectivity index (χ1) is 20.7. The molecule has 4 aromatic rings. The second kappa shape index (κ2) is 11.6. The van der Waals surface area contributed by atoms with Gasteiger partial charge in [0.15, 0.2) is 22.5 Å². The largest absolute Gasteiger partial charge is 0.508 e. The molecule has 0 spiro atoms. The first-order valence-corrected chi connectivity index (χ1v) is 13.7. The number of aromatic hydroxyl groups is 1. The number of aryl methyl sites for hydroxylation is 1. The Morgan fingerprint density at radius 1 is 0.911 bits per heavy atom. The van der Waals surface area contributed by atoms with Crippen LogP contribution in [0.25, 0.3) is 21.9 Å². The molecule has 4 rings (SSSR count). The number of benzene rings is 2. The Bertz CT molecular complexity index is 1820. The molecule has 0 saturated heterocycles. The lowest BCUT2D eigenvalue weighted by Crippen LogP contribution is -2.49. The standard InChI is InChI=1S/C30H31F3N4O8/c1-27(2,3)43-25(41)29(26(42)44-28(4,5)6,15-21(39)23-18-9-8-17(38)14-22(18)45-35-23)11-12-37-24(40)19-13-16(30(31,32)33)7-10-20(19)34-36-37/h7-10,13-14,38H,11-12,15H2,1-6H3. The second-order valence-electron chi connectivity index (χ2n) is 12.5. The predicted molar refractivity (Wildman–Crippen MR) is 152 cm³/mol. The highest BCUT2D eigenvalue weighted by Gasteiger charge is 2.53. The maximum Gasteiger partial charge on any atom is 0.416 e. The van der Waals surface area contributed by atoms with Crippen LogP contribution in [0.1, 0.15) is 70.4 Å². The Hall–Kier alpha value is -4.82. The van der Waals surface area contributed by atoms with Crippen molar-refractivity contribution in [2.45, 2.75) is 78.3 Å². The number of hydrogen-bond donors (Lipinski definition) is 1. The molecule has 12 nitrogen and oxygen atoms in total. The number of ketones is 1. The quantitative estimate of drug-likeness (QED) is 0.158. The third kappa shape index (κ3) is 7.29. The summed E-state index contributed by atoms with van der Waals surface area (Å²) in [4.78, 5) is 54.8. The minimum absolute atomic E-state index is 0.0645. The molecule has 0 radical (unpaired) electrons. The lowest BCUT2D eigenvalue weighted by molar-refractivity contribution is -0.186. The van der Waals surface area contributed by atoms with Crippen molar-refractivity contribution in [3.63, 3.8) is 0 Å². The Morgan fingerprint density at radius 3 is 2.11 bits per heavy atom. The molecule has 0 amide bonds. The van der Waals surface area contributed by atoms with Crippen molar-refractivity contribution < 1.29 is 46.7 Å². The van der Waals surface area contributed by atoms with Crippen molar-refractivity contribution >= 4 is 39.6 Å². The number of carbonyl (C=O) groups excluding carboxylic acids is 3. The highest BCUT2D eigenvalue weighted by Crippen LogP contribution is 2.37. The number of aromatic nitrogens is 4. The molecular formula is C30H31F3N4O8. The summed E-state index contributed by atoms with van der Waals surface area (Å²) in [7, 11) is 0. The van der Waals surface area contributed by atoms with E-state index >= 15 is 0 Å². The first kappa shape index (κ1) is 33.1. The van der Waals surface area contributed by atoms with Gasteiger partial charge in [-0.05, 0) is 78.3 Å². The van der Waals surface area contributed by atoms with Crippen LogP contribution in [0.4, 0.5) is 13.2 Å². The van der Waals surface area contributed by atoms with Crippen molar-refractivity contribution in [2.24, 2.45) is 5.41 Å². The molecule has 0 unspecified atom stereocenters. The number of halogens is 3. The number of esters is 2. The van der Waals surface area contributed by atoms with Crippen molar-refractivity contribution in [1.82, 2.24) is 20.2 Å². The van der Waals surface area contributed by atoms with Gasteiger partial charge < -0.3 is 19.1 Å². The Kier molecular flexibility index (Phi) is 8.52. The summed E-state index contributed by atoms with van der Waals surface area (Å²) >= 11 is 0. The minimum Gasteiger partial charge on any atom is -0.508 e. The molecule has 2 aromatic carbocycles. The fourth-order valence-corrected chi connectivity index (χ4v) is 4.45. The van der Waals surface area contributed by atoms with E-state index in [0.717, 1.165) is 12.1 Å². The van der Waals surface area contributed by atoms with Gasteiger partial charge >= 0.3 is 18.1 Å². The Labute approximate surface area is 254 Å². The van der Waals surface area contributed by atoms with Gasteiger partial charge in [-0.3, -0.25) is 19.2 Å². The van der Waals surface area contributed by atoms with E-state index in [1.54, 1.807) is 41.5 Å². The van der Waals surface area contributed by atoms with Crippen LogP contribution in [0.2, 0.25) is 0 Å². The molecule has 240 valence electrons. The lowest BCUT2D eigenvalue weighted by atomic mass is 9.78. The summed E-state index contributed by atoms with van der Waals surface area (Å²) in [6.07, 6.45) is -6.19. The van der Waals surface area contributed by atoms with Crippen LogP contribution in [0, 0.1) is 5.41 Å². The first-order valence-electron chi connectivity index (χ1n) is 13.7. The smallest absolute Gasteiger partial charge is 0.416 e. The topological polar surface area (TPSA) is 164 Å². The number of carbonyl (C=O) groups is 3. The van der Waals surface area contributed by atoms with Crippen molar-refractivity contribution in [3.8, 4) is 5.75 Å². The molecular weight excluding hydrogens is 601 g/mol. The van der Waals surface area contributed by atoms with Gasteiger partial charge in [0.25, 0.3) is 5.56 Å². The number of alkyl halides is 3. The summed E-state index contributed by atoms with van der Waals surface area (Å²) in [5.74, 6) is -3.28. The van der Waals surface area contributed by atoms with Crippen molar-refractivity contribution in [2.75, 3.05) is 0 Å². The molecule has 1 N–H and O–H groups in total. The Balaban J connectivity index is 1.82. The van der Waals surface area contributed by atoms with Crippen LogP contribution >= 0.6 is 0 Å². The molecule has 0 atom stereocenters. The number of rotatable bonds is 8. The number of phenolic OH excluding ortho intramolecular Hbond substituents is 1. The SMILES string of the molecule is CC(C)(C)OC(=O)C(CCn1nnc2ccc(C(F)(F)F)cc2c1=O)(CC(=O)c1noc2cc(O)ccc12)C(=O)OC(C)(C)C. The van der Waals surface area contributed by atoms with Gasteiger partial charge in [0, 0.05) is 19.0 Å². The number of Topliss-reactive ketones (excluding diaryl/α,β-unsaturated/α-hetero) is 1. The van der Waals surface area contributed by atoms with Gasteiger partial charge in [-0.25, -0.2) is 4.68 Å². The summed E-state index contributed by atoms with van der Waals surface area (Å²) in [6, 6.07) is 6.29. The maximum absolute atomic E-state index is 13.9. The molecule has 0 aliphatic carbocycles. The lowest BCUT2D eigenvalue weighted by Gasteiger charge is -2.34. The van der Waals surface area contributed by atoms with Crippen LogP contribution in [-0.2, 0) is 31.8 Å². The van der Waals surface area contributed by atoms with Gasteiger partial charge in [-0.1, -0.05) is 10.4 Å². The van der Waals surface area contributed by atoms with Gasteiger partial charge in [0.1, 0.15) is 22.5 Å². The molecule has 45 heavy (non-hydrogen) atoms. The fourth-order valence-electron chi connectivity index (χ4n) is 4.45. The van der Waals surface area contributed by atoms with E-state index in [1.807, 2.05) is 0 Å². The van der Waals surface area contributed by atoms with Crippen LogP contribution in [0.15, 0.2) is 45.7 Å². The predicted octanol–water partition coefficient (Wildman–Crippen LogP) is 4.99. The number of nitrogens with zero attached hydrogens (tertiary/aromatic N) is 4. The van der Waals surface area contributed by atoms with Crippen LogP contribution in [-0.4, -0.2) is 54.2 Å². The summed E-state index contributed by atoms with van der Waals surface area (Å²) in [5, 5.41) is 20.9. The van der Waals surface area contributed by atoms with Gasteiger partial charge in [0.2, 0.25) is 0 Å². The zero-order chi connectivity index (χ0) is 33.5. The third-order valence-electron chi connectivity index (χ3n) is 6.56. The zero-order valence-electron chi connectivity index (χ0n) is 25.3. The molecule has 2 aromatic heterocycles. The van der Waals surface area contributed by atoms with Crippen molar-refractivity contribution in [3.05, 3.63) is 58.0 Å². The van der Waals surface area contributed by atoms with Gasteiger partial charge in [-0.15, -0.1) is 5.10 Å². The number of fused-ring (bicyclic) bond motifs is 2. The maximum atomic E-state index is 13.9. The highest BCUT2D eigenvalue weighted by atomic mass is 19.4. The molecule has 2 heterocycles.